The molecule has 2 aromatic carbocycles. The van der Waals surface area contributed by atoms with Gasteiger partial charge in [-0.2, -0.15) is 0 Å². The third-order valence-corrected chi connectivity index (χ3v) is 4.90. The Morgan fingerprint density at radius 1 is 1.20 bits per heavy atom. The van der Waals surface area contributed by atoms with Gasteiger partial charge < -0.3 is 15.8 Å². The Kier molecular flexibility index (Phi) is 6.45. The highest BCUT2D eigenvalue weighted by atomic mass is 35.5. The van der Waals surface area contributed by atoms with E-state index in [1.165, 1.54) is 5.56 Å². The van der Waals surface area contributed by atoms with Crippen LogP contribution in [0.5, 0.6) is 5.75 Å². The van der Waals surface area contributed by atoms with E-state index in [1.807, 2.05) is 49.4 Å². The smallest absolute Gasteiger partial charge is 0.225 e. The standard InChI is InChI=1S/C20H24N2O2.ClH/c1-13(19(21)14-7-4-3-5-8-14)20(23)22-17-12-11-16-15(17)9-6-10-18(16)24-2;/h3-10,13,17,19H,11-12,21H2,1-2H3,(H,22,23);1H. The molecule has 2 aromatic rings. The third-order valence-electron chi connectivity index (χ3n) is 4.90. The molecule has 1 aliphatic rings. The SMILES string of the molecule is COc1cccc2c1CCC2NC(=O)C(C)C(N)c1ccccc1.Cl. The summed E-state index contributed by atoms with van der Waals surface area (Å²) in [6.07, 6.45) is 1.82. The maximum absolute atomic E-state index is 12.7. The van der Waals surface area contributed by atoms with Gasteiger partial charge in [0.1, 0.15) is 5.75 Å². The molecule has 0 radical (unpaired) electrons. The van der Waals surface area contributed by atoms with Crippen molar-refractivity contribution in [2.24, 2.45) is 11.7 Å². The number of hydrogen-bond acceptors (Lipinski definition) is 3. The largest absolute Gasteiger partial charge is 0.496 e. The van der Waals surface area contributed by atoms with Crippen LogP contribution >= 0.6 is 12.4 Å². The normalized spacial score (nSPS) is 17.8. The van der Waals surface area contributed by atoms with Gasteiger partial charge in [-0.15, -0.1) is 12.4 Å². The van der Waals surface area contributed by atoms with Crippen LogP contribution in [0.15, 0.2) is 48.5 Å². The highest BCUT2D eigenvalue weighted by Crippen LogP contribution is 2.37. The fraction of sp³-hybridized carbons (Fsp3) is 0.350. The van der Waals surface area contributed by atoms with Crippen LogP contribution in [0.3, 0.4) is 0 Å². The van der Waals surface area contributed by atoms with E-state index in [-0.39, 0.29) is 36.3 Å². The molecule has 0 saturated heterocycles. The molecule has 0 spiro atoms. The number of nitrogens with one attached hydrogen (secondary N) is 1. The van der Waals surface area contributed by atoms with Crippen LogP contribution in [-0.2, 0) is 11.2 Å². The maximum atomic E-state index is 12.7. The van der Waals surface area contributed by atoms with Crippen LogP contribution in [0.2, 0.25) is 0 Å². The Labute approximate surface area is 155 Å². The second-order valence-corrected chi connectivity index (χ2v) is 6.35. The number of benzene rings is 2. The second kappa shape index (κ2) is 8.37. The van der Waals surface area contributed by atoms with Crippen molar-refractivity contribution >= 4 is 18.3 Å². The van der Waals surface area contributed by atoms with Gasteiger partial charge >= 0.3 is 0 Å². The predicted octanol–water partition coefficient (Wildman–Crippen LogP) is 3.56. The number of hydrogen-bond donors (Lipinski definition) is 2. The molecule has 0 aliphatic heterocycles. The number of ether oxygens (including phenoxy) is 1. The van der Waals surface area contributed by atoms with Gasteiger partial charge in [0.15, 0.2) is 0 Å². The second-order valence-electron chi connectivity index (χ2n) is 6.35. The van der Waals surface area contributed by atoms with Crippen molar-refractivity contribution in [3.63, 3.8) is 0 Å². The fourth-order valence-corrected chi connectivity index (χ4v) is 3.39. The van der Waals surface area contributed by atoms with E-state index in [0.29, 0.717) is 0 Å². The van der Waals surface area contributed by atoms with Gasteiger partial charge in [-0.1, -0.05) is 49.4 Å². The van der Waals surface area contributed by atoms with Crippen LogP contribution in [0.1, 0.15) is 42.1 Å². The van der Waals surface area contributed by atoms with Crippen LogP contribution in [0.25, 0.3) is 0 Å². The third kappa shape index (κ3) is 3.97. The molecule has 0 aromatic heterocycles. The first kappa shape index (κ1) is 19.3. The number of amides is 1. The molecule has 3 rings (SSSR count). The summed E-state index contributed by atoms with van der Waals surface area (Å²) in [4.78, 5) is 12.7. The van der Waals surface area contributed by atoms with Crippen molar-refractivity contribution in [1.82, 2.24) is 5.32 Å². The summed E-state index contributed by atoms with van der Waals surface area (Å²) in [6, 6.07) is 15.5. The molecule has 25 heavy (non-hydrogen) atoms. The minimum absolute atomic E-state index is 0. The maximum Gasteiger partial charge on any atom is 0.225 e. The van der Waals surface area contributed by atoms with Crippen LogP contribution < -0.4 is 15.8 Å². The molecule has 134 valence electrons. The number of rotatable bonds is 5. The lowest BCUT2D eigenvalue weighted by Gasteiger charge is -2.22. The lowest BCUT2D eigenvalue weighted by atomic mass is 9.94. The Hall–Kier alpha value is -2.04. The molecule has 0 heterocycles. The molecule has 1 amide bonds. The topological polar surface area (TPSA) is 64.3 Å². The lowest BCUT2D eigenvalue weighted by molar-refractivity contribution is -0.125. The molecule has 1 aliphatic carbocycles. The van der Waals surface area contributed by atoms with Crippen LogP contribution in [-0.4, -0.2) is 13.0 Å². The summed E-state index contributed by atoms with van der Waals surface area (Å²) in [7, 11) is 1.68. The average Bonchev–Trinajstić information content (AvgIpc) is 3.04. The summed E-state index contributed by atoms with van der Waals surface area (Å²) in [5.41, 5.74) is 9.61. The van der Waals surface area contributed by atoms with Gasteiger partial charge in [-0.3, -0.25) is 4.79 Å². The Morgan fingerprint density at radius 3 is 2.60 bits per heavy atom. The van der Waals surface area contributed by atoms with Crippen molar-refractivity contribution in [2.45, 2.75) is 31.8 Å². The van der Waals surface area contributed by atoms with E-state index in [1.54, 1.807) is 7.11 Å². The zero-order chi connectivity index (χ0) is 17.1. The molecule has 0 bridgehead atoms. The van der Waals surface area contributed by atoms with E-state index >= 15 is 0 Å². The van der Waals surface area contributed by atoms with Crippen molar-refractivity contribution in [1.29, 1.82) is 0 Å². The number of halogens is 1. The molecular formula is C20H25ClN2O2. The average molecular weight is 361 g/mol. The minimum Gasteiger partial charge on any atom is -0.496 e. The minimum atomic E-state index is -0.308. The Morgan fingerprint density at radius 2 is 1.92 bits per heavy atom. The van der Waals surface area contributed by atoms with E-state index in [0.717, 1.165) is 29.7 Å². The molecular weight excluding hydrogens is 336 g/mol. The monoisotopic (exact) mass is 360 g/mol. The Balaban J connectivity index is 0.00000225. The zero-order valence-electron chi connectivity index (χ0n) is 14.6. The number of carbonyl (C=O) groups excluding carboxylic acids is 1. The summed E-state index contributed by atoms with van der Waals surface area (Å²) in [6.45, 7) is 1.88. The van der Waals surface area contributed by atoms with Gasteiger partial charge in [0.2, 0.25) is 5.91 Å². The summed E-state index contributed by atoms with van der Waals surface area (Å²) < 4.78 is 5.42. The molecule has 4 nitrogen and oxygen atoms in total. The quantitative estimate of drug-likeness (QED) is 0.856. The van der Waals surface area contributed by atoms with Gasteiger partial charge in [-0.05, 0) is 35.6 Å². The van der Waals surface area contributed by atoms with Gasteiger partial charge in [0.05, 0.1) is 19.1 Å². The highest BCUT2D eigenvalue weighted by Gasteiger charge is 2.29. The number of fused-ring (bicyclic) bond motifs is 1. The molecule has 0 fully saturated rings. The molecule has 3 N–H and O–H groups in total. The highest BCUT2D eigenvalue weighted by molar-refractivity contribution is 5.85. The summed E-state index contributed by atoms with van der Waals surface area (Å²) in [5, 5.41) is 3.16. The number of carbonyl (C=O) groups is 1. The van der Waals surface area contributed by atoms with E-state index in [9.17, 15) is 4.79 Å². The first-order valence-electron chi connectivity index (χ1n) is 8.38. The molecule has 0 saturated carbocycles. The van der Waals surface area contributed by atoms with Crippen LogP contribution in [0, 0.1) is 5.92 Å². The summed E-state index contributed by atoms with van der Waals surface area (Å²) in [5.74, 6) is 0.604. The van der Waals surface area contributed by atoms with Gasteiger partial charge in [0.25, 0.3) is 0 Å². The predicted molar refractivity (Wildman–Crippen MR) is 102 cm³/mol. The van der Waals surface area contributed by atoms with E-state index < -0.39 is 0 Å². The first-order valence-corrected chi connectivity index (χ1v) is 8.38. The van der Waals surface area contributed by atoms with Crippen LogP contribution in [0.4, 0.5) is 0 Å². The first-order chi connectivity index (χ1) is 11.6. The Bertz CT molecular complexity index is 721. The van der Waals surface area contributed by atoms with E-state index in [4.69, 9.17) is 10.5 Å². The molecule has 3 unspecified atom stereocenters. The zero-order valence-corrected chi connectivity index (χ0v) is 15.4. The van der Waals surface area contributed by atoms with E-state index in [2.05, 4.69) is 11.4 Å². The van der Waals surface area contributed by atoms with Gasteiger partial charge in [-0.25, -0.2) is 0 Å². The molecule has 5 heteroatoms. The lowest BCUT2D eigenvalue weighted by Crippen LogP contribution is -2.37. The van der Waals surface area contributed by atoms with Crippen molar-refractivity contribution < 1.29 is 9.53 Å². The number of nitrogens with two attached hydrogens (primary N) is 1. The van der Waals surface area contributed by atoms with Crippen molar-refractivity contribution in [2.75, 3.05) is 7.11 Å². The summed E-state index contributed by atoms with van der Waals surface area (Å²) >= 11 is 0. The number of methoxy groups -OCH3 is 1. The van der Waals surface area contributed by atoms with Crippen molar-refractivity contribution in [3.05, 3.63) is 65.2 Å². The van der Waals surface area contributed by atoms with Crippen molar-refractivity contribution in [3.8, 4) is 5.75 Å². The fourth-order valence-electron chi connectivity index (χ4n) is 3.39. The molecule has 3 atom stereocenters. The van der Waals surface area contributed by atoms with Gasteiger partial charge in [0, 0.05) is 6.04 Å².